The van der Waals surface area contributed by atoms with Gasteiger partial charge < -0.3 is 14.5 Å². The van der Waals surface area contributed by atoms with Gasteiger partial charge in [0.25, 0.3) is 0 Å². The third-order valence-electron chi connectivity index (χ3n) is 5.27. The van der Waals surface area contributed by atoms with Crippen LogP contribution in [0.1, 0.15) is 42.5 Å². The molecule has 9 nitrogen and oxygen atoms in total. The number of hydrogen-bond acceptors (Lipinski definition) is 9. The van der Waals surface area contributed by atoms with Gasteiger partial charge in [-0.1, -0.05) is 0 Å². The molecule has 4 rings (SSSR count). The molecule has 0 atom stereocenters. The first-order chi connectivity index (χ1) is 14.7. The normalized spacial score (nSPS) is 17.7. The van der Waals surface area contributed by atoms with Crippen LogP contribution in [0.5, 0.6) is 5.88 Å². The lowest BCUT2D eigenvalue weighted by atomic mass is 10.1. The Morgan fingerprint density at radius 3 is 2.53 bits per heavy atom. The largest absolute Gasteiger partial charge is 0.473 e. The summed E-state index contributed by atoms with van der Waals surface area (Å²) < 4.78 is 5.86. The van der Waals surface area contributed by atoms with Gasteiger partial charge in [-0.05, 0) is 31.0 Å². The second kappa shape index (κ2) is 9.62. The zero-order chi connectivity index (χ0) is 20.8. The van der Waals surface area contributed by atoms with Gasteiger partial charge in [-0.2, -0.15) is 5.10 Å². The predicted octanol–water partition coefficient (Wildman–Crippen LogP) is 2.05. The van der Waals surface area contributed by atoms with Crippen LogP contribution in [0.25, 0.3) is 0 Å². The summed E-state index contributed by atoms with van der Waals surface area (Å²) in [5.41, 5.74) is 0.415. The third-order valence-corrected chi connectivity index (χ3v) is 5.27. The van der Waals surface area contributed by atoms with Crippen molar-refractivity contribution in [1.82, 2.24) is 20.2 Å². The Balaban J connectivity index is 1.25. The lowest BCUT2D eigenvalue weighted by molar-refractivity contribution is -0.183. The highest BCUT2D eigenvalue weighted by Gasteiger charge is 2.23. The van der Waals surface area contributed by atoms with Crippen LogP contribution < -0.4 is 9.64 Å². The SMILES string of the molecule is O=C(CC(=O)c1ccc(N2CCC(Oc3cccnn3)CC2)nc1)ON1CCCC1. The van der Waals surface area contributed by atoms with Gasteiger partial charge in [-0.25, -0.2) is 9.78 Å². The quantitative estimate of drug-likeness (QED) is 0.501. The fourth-order valence-electron chi connectivity index (χ4n) is 3.65. The summed E-state index contributed by atoms with van der Waals surface area (Å²) >= 11 is 0. The van der Waals surface area contributed by atoms with Crippen molar-refractivity contribution >= 4 is 17.6 Å². The van der Waals surface area contributed by atoms with Gasteiger partial charge in [0.1, 0.15) is 18.3 Å². The van der Waals surface area contributed by atoms with Crippen molar-refractivity contribution in [2.45, 2.75) is 38.2 Å². The number of ketones is 1. The van der Waals surface area contributed by atoms with Crippen LogP contribution in [0.15, 0.2) is 36.7 Å². The first-order valence-corrected chi connectivity index (χ1v) is 10.3. The van der Waals surface area contributed by atoms with Crippen molar-refractivity contribution in [2.75, 3.05) is 31.1 Å². The molecule has 2 aromatic rings. The number of Topliss-reactive ketones (excluding diaryl/α,β-unsaturated/α-hetero) is 1. The van der Waals surface area contributed by atoms with E-state index in [1.807, 2.05) is 6.07 Å². The van der Waals surface area contributed by atoms with Crippen molar-refractivity contribution in [2.24, 2.45) is 0 Å². The minimum Gasteiger partial charge on any atom is -0.473 e. The van der Waals surface area contributed by atoms with E-state index in [9.17, 15) is 9.59 Å². The third kappa shape index (κ3) is 5.29. The average Bonchev–Trinajstić information content (AvgIpc) is 3.28. The molecule has 0 aromatic carbocycles. The number of piperidine rings is 1. The smallest absolute Gasteiger partial charge is 0.332 e. The molecular weight excluding hydrogens is 386 g/mol. The molecule has 2 aliphatic rings. The molecular formula is C21H25N5O4. The minimum atomic E-state index is -0.517. The van der Waals surface area contributed by atoms with Crippen LogP contribution in [-0.2, 0) is 9.63 Å². The Hall–Kier alpha value is -3.07. The van der Waals surface area contributed by atoms with Gasteiger partial charge in [0.2, 0.25) is 5.88 Å². The Morgan fingerprint density at radius 2 is 1.87 bits per heavy atom. The number of ether oxygens (including phenoxy) is 1. The van der Waals surface area contributed by atoms with E-state index >= 15 is 0 Å². The first-order valence-electron chi connectivity index (χ1n) is 10.3. The van der Waals surface area contributed by atoms with Crippen LogP contribution in [0.3, 0.4) is 0 Å². The number of hydroxylamine groups is 2. The molecule has 2 aliphatic heterocycles. The summed E-state index contributed by atoms with van der Waals surface area (Å²) in [6.45, 7) is 3.06. The summed E-state index contributed by atoms with van der Waals surface area (Å²) in [5, 5.41) is 9.40. The van der Waals surface area contributed by atoms with Crippen LogP contribution in [0.4, 0.5) is 5.82 Å². The number of rotatable bonds is 7. The number of hydrogen-bond donors (Lipinski definition) is 0. The molecule has 2 fully saturated rings. The van der Waals surface area contributed by atoms with E-state index in [0.717, 1.165) is 57.7 Å². The summed E-state index contributed by atoms with van der Waals surface area (Å²) in [6.07, 6.45) is 6.69. The molecule has 0 spiro atoms. The zero-order valence-corrected chi connectivity index (χ0v) is 16.8. The summed E-state index contributed by atoms with van der Waals surface area (Å²) in [6, 6.07) is 7.15. The van der Waals surface area contributed by atoms with E-state index in [-0.39, 0.29) is 18.3 Å². The van der Waals surface area contributed by atoms with Gasteiger partial charge in [0.05, 0.1) is 0 Å². The number of aromatic nitrogens is 3. The molecule has 9 heteroatoms. The number of carbonyl (C=O) groups excluding carboxylic acids is 2. The minimum absolute atomic E-state index is 0.0976. The Kier molecular flexibility index (Phi) is 6.48. The molecule has 0 radical (unpaired) electrons. The van der Waals surface area contributed by atoms with Crippen LogP contribution in [0.2, 0.25) is 0 Å². The maximum Gasteiger partial charge on any atom is 0.332 e. The highest BCUT2D eigenvalue weighted by atomic mass is 16.7. The molecule has 0 saturated carbocycles. The Bertz CT molecular complexity index is 847. The van der Waals surface area contributed by atoms with Gasteiger partial charge >= 0.3 is 5.97 Å². The molecule has 0 amide bonds. The maximum atomic E-state index is 12.3. The van der Waals surface area contributed by atoms with Crippen molar-refractivity contribution in [3.8, 4) is 5.88 Å². The molecule has 0 aliphatic carbocycles. The number of anilines is 1. The Morgan fingerprint density at radius 1 is 1.07 bits per heavy atom. The fraction of sp³-hybridized carbons (Fsp3) is 0.476. The van der Waals surface area contributed by atoms with Crippen molar-refractivity contribution < 1.29 is 19.2 Å². The second-order valence-corrected chi connectivity index (χ2v) is 7.47. The zero-order valence-electron chi connectivity index (χ0n) is 16.8. The van der Waals surface area contributed by atoms with Crippen LogP contribution in [-0.4, -0.2) is 64.3 Å². The molecule has 2 aromatic heterocycles. The maximum absolute atomic E-state index is 12.3. The van der Waals surface area contributed by atoms with Crippen molar-refractivity contribution in [3.05, 3.63) is 42.2 Å². The van der Waals surface area contributed by atoms with Gasteiger partial charge in [-0.15, -0.1) is 10.2 Å². The molecule has 2 saturated heterocycles. The standard InChI is InChI=1S/C21H25N5O4/c27-18(14-21(28)30-26-10-1-2-11-26)16-5-6-19(22-15-16)25-12-7-17(8-13-25)29-20-4-3-9-23-24-20/h3-6,9,15,17H,1-2,7-8,10-14H2. The van der Waals surface area contributed by atoms with Gasteiger partial charge in [-0.3, -0.25) is 4.79 Å². The molecule has 0 unspecified atom stereocenters. The number of pyridine rings is 1. The van der Waals surface area contributed by atoms with Crippen molar-refractivity contribution in [3.63, 3.8) is 0 Å². The van der Waals surface area contributed by atoms with E-state index in [2.05, 4.69) is 20.1 Å². The van der Waals surface area contributed by atoms with E-state index in [4.69, 9.17) is 9.57 Å². The summed E-state index contributed by atoms with van der Waals surface area (Å²) in [5.74, 6) is 0.551. The first kappa shape index (κ1) is 20.2. The molecule has 158 valence electrons. The lowest BCUT2D eigenvalue weighted by Crippen LogP contribution is -2.38. The molecule has 30 heavy (non-hydrogen) atoms. The average molecular weight is 411 g/mol. The lowest BCUT2D eigenvalue weighted by Gasteiger charge is -2.32. The van der Waals surface area contributed by atoms with Gasteiger partial charge in [0.15, 0.2) is 5.78 Å². The predicted molar refractivity (Wildman–Crippen MR) is 108 cm³/mol. The number of carbonyl (C=O) groups is 2. The monoisotopic (exact) mass is 411 g/mol. The van der Waals surface area contributed by atoms with Crippen LogP contribution in [0, 0.1) is 0 Å². The summed E-state index contributed by atoms with van der Waals surface area (Å²) in [4.78, 5) is 36.0. The van der Waals surface area contributed by atoms with Crippen molar-refractivity contribution in [1.29, 1.82) is 0 Å². The van der Waals surface area contributed by atoms with Gasteiger partial charge in [0, 0.05) is 63.0 Å². The molecule has 0 bridgehead atoms. The van der Waals surface area contributed by atoms with E-state index in [1.165, 1.54) is 6.20 Å². The molecule has 0 N–H and O–H groups in total. The molecule has 4 heterocycles. The van der Waals surface area contributed by atoms with E-state index in [1.54, 1.807) is 29.5 Å². The highest BCUT2D eigenvalue weighted by molar-refractivity contribution is 6.05. The fourth-order valence-corrected chi connectivity index (χ4v) is 3.65. The summed E-state index contributed by atoms with van der Waals surface area (Å²) in [7, 11) is 0. The van der Waals surface area contributed by atoms with E-state index in [0.29, 0.717) is 11.4 Å². The number of nitrogens with zero attached hydrogens (tertiary/aromatic N) is 5. The Labute approximate surface area is 175 Å². The highest BCUT2D eigenvalue weighted by Crippen LogP contribution is 2.21. The second-order valence-electron chi connectivity index (χ2n) is 7.47. The van der Waals surface area contributed by atoms with Crippen LogP contribution >= 0.6 is 0 Å². The topological polar surface area (TPSA) is 97.8 Å². The van der Waals surface area contributed by atoms with E-state index < -0.39 is 5.97 Å².